The second-order valence-electron chi connectivity index (χ2n) is 7.45. The molecule has 1 aromatic carbocycles. The van der Waals surface area contributed by atoms with E-state index in [4.69, 9.17) is 11.6 Å². The van der Waals surface area contributed by atoms with Gasteiger partial charge in [-0.25, -0.2) is 4.98 Å². The number of fused-ring (bicyclic) bond motifs is 1. The van der Waals surface area contributed by atoms with Gasteiger partial charge in [0.05, 0.1) is 10.5 Å². The Morgan fingerprint density at radius 2 is 1.87 bits per heavy atom. The molecule has 2 amide bonds. The molecule has 2 aliphatic heterocycles. The second kappa shape index (κ2) is 8.20. The molecule has 2 aliphatic rings. The van der Waals surface area contributed by atoms with E-state index in [1.807, 2.05) is 28.0 Å². The minimum Gasteiger partial charge on any atom is -0.335 e. The van der Waals surface area contributed by atoms with Crippen LogP contribution in [0.5, 0.6) is 0 Å². The van der Waals surface area contributed by atoms with E-state index in [0.29, 0.717) is 47.8 Å². The lowest BCUT2D eigenvalue weighted by atomic mass is 10.1. The predicted octanol–water partition coefficient (Wildman–Crippen LogP) is 4.06. The third-order valence-corrected chi connectivity index (χ3v) is 8.43. The van der Waals surface area contributed by atoms with Gasteiger partial charge in [0.2, 0.25) is 0 Å². The molecule has 4 heterocycles. The van der Waals surface area contributed by atoms with Crippen molar-refractivity contribution in [2.75, 3.05) is 39.3 Å². The SMILES string of the molecule is O=C(c1cscn1)N1CCN(C2CN(C(=O)c3sc4cc(Br)ccc4c3Cl)C2)CC1. The highest BCUT2D eigenvalue weighted by molar-refractivity contribution is 9.10. The van der Waals surface area contributed by atoms with Crippen LogP contribution in [0.15, 0.2) is 33.6 Å². The van der Waals surface area contributed by atoms with E-state index >= 15 is 0 Å². The molecule has 0 aliphatic carbocycles. The maximum atomic E-state index is 13.0. The molecule has 2 saturated heterocycles. The molecule has 2 aromatic heterocycles. The first-order valence-corrected chi connectivity index (χ1v) is 12.5. The Morgan fingerprint density at radius 1 is 1.10 bits per heavy atom. The van der Waals surface area contributed by atoms with E-state index in [0.717, 1.165) is 27.6 Å². The largest absolute Gasteiger partial charge is 0.335 e. The minimum absolute atomic E-state index is 0.00548. The third-order valence-electron chi connectivity index (χ3n) is 5.70. The summed E-state index contributed by atoms with van der Waals surface area (Å²) in [5.41, 5.74) is 2.21. The van der Waals surface area contributed by atoms with Crippen LogP contribution in [0.4, 0.5) is 0 Å². The highest BCUT2D eigenvalue weighted by atomic mass is 79.9. The van der Waals surface area contributed by atoms with Crippen molar-refractivity contribution in [1.82, 2.24) is 19.7 Å². The fraction of sp³-hybridized carbons (Fsp3) is 0.350. The van der Waals surface area contributed by atoms with Gasteiger partial charge in [-0.2, -0.15) is 0 Å². The zero-order chi connectivity index (χ0) is 20.8. The summed E-state index contributed by atoms with van der Waals surface area (Å²) in [4.78, 5) is 36.2. The maximum Gasteiger partial charge on any atom is 0.273 e. The second-order valence-corrected chi connectivity index (χ2v) is 10.5. The van der Waals surface area contributed by atoms with E-state index < -0.39 is 0 Å². The Balaban J connectivity index is 1.18. The van der Waals surface area contributed by atoms with Gasteiger partial charge in [0.1, 0.15) is 10.6 Å². The number of hydrogen-bond donors (Lipinski definition) is 0. The van der Waals surface area contributed by atoms with Gasteiger partial charge in [-0.1, -0.05) is 33.6 Å². The van der Waals surface area contributed by atoms with E-state index in [2.05, 4.69) is 25.8 Å². The lowest BCUT2D eigenvalue weighted by Crippen LogP contribution is -2.64. The van der Waals surface area contributed by atoms with Gasteiger partial charge in [0.25, 0.3) is 11.8 Å². The average Bonchev–Trinajstić information content (AvgIpc) is 3.35. The lowest BCUT2D eigenvalue weighted by molar-refractivity contribution is 0.00871. The lowest BCUT2D eigenvalue weighted by Gasteiger charge is -2.48. The number of benzene rings is 1. The van der Waals surface area contributed by atoms with Crippen LogP contribution in [0, 0.1) is 0 Å². The fourth-order valence-corrected chi connectivity index (χ4v) is 6.50. The Morgan fingerprint density at radius 3 is 2.57 bits per heavy atom. The number of piperazine rings is 1. The molecule has 0 unspecified atom stereocenters. The summed E-state index contributed by atoms with van der Waals surface area (Å²) in [5.74, 6) is 0.0123. The van der Waals surface area contributed by atoms with Crippen molar-refractivity contribution < 1.29 is 9.59 Å². The number of nitrogens with zero attached hydrogens (tertiary/aromatic N) is 4. The first-order valence-electron chi connectivity index (χ1n) is 9.59. The van der Waals surface area contributed by atoms with Crippen LogP contribution in [-0.4, -0.2) is 76.8 Å². The third kappa shape index (κ3) is 3.67. The smallest absolute Gasteiger partial charge is 0.273 e. The Bertz CT molecular complexity index is 1110. The van der Waals surface area contributed by atoms with Crippen LogP contribution in [0.1, 0.15) is 20.2 Å². The number of amides is 2. The van der Waals surface area contributed by atoms with Crippen LogP contribution in [0.3, 0.4) is 0 Å². The molecule has 3 aromatic rings. The van der Waals surface area contributed by atoms with Crippen LogP contribution < -0.4 is 0 Å². The Hall–Kier alpha value is -1.52. The first-order chi connectivity index (χ1) is 14.5. The van der Waals surface area contributed by atoms with Crippen molar-refractivity contribution in [3.05, 3.63) is 49.2 Å². The molecule has 0 spiro atoms. The van der Waals surface area contributed by atoms with Gasteiger partial charge >= 0.3 is 0 Å². The molecule has 0 atom stereocenters. The van der Waals surface area contributed by atoms with Crippen LogP contribution in [0.2, 0.25) is 5.02 Å². The number of hydrogen-bond acceptors (Lipinski definition) is 6. The highest BCUT2D eigenvalue weighted by Crippen LogP contribution is 2.38. The highest BCUT2D eigenvalue weighted by Gasteiger charge is 2.38. The Kier molecular flexibility index (Phi) is 5.57. The molecule has 2 fully saturated rings. The molecule has 0 saturated carbocycles. The topological polar surface area (TPSA) is 56.8 Å². The number of rotatable bonds is 3. The fourth-order valence-electron chi connectivity index (χ4n) is 3.94. The molecule has 0 radical (unpaired) electrons. The monoisotopic (exact) mass is 524 g/mol. The molecular formula is C20H18BrClN4O2S2. The van der Waals surface area contributed by atoms with E-state index in [1.54, 1.807) is 10.9 Å². The summed E-state index contributed by atoms with van der Waals surface area (Å²) in [6.45, 7) is 4.43. The van der Waals surface area contributed by atoms with Crippen molar-refractivity contribution in [3.8, 4) is 0 Å². The summed E-state index contributed by atoms with van der Waals surface area (Å²) >= 11 is 12.8. The molecule has 10 heteroatoms. The van der Waals surface area contributed by atoms with Crippen molar-refractivity contribution in [3.63, 3.8) is 0 Å². The molecule has 0 bridgehead atoms. The summed E-state index contributed by atoms with van der Waals surface area (Å²) < 4.78 is 1.99. The van der Waals surface area contributed by atoms with E-state index in [-0.39, 0.29) is 11.8 Å². The van der Waals surface area contributed by atoms with E-state index in [9.17, 15) is 9.59 Å². The van der Waals surface area contributed by atoms with Crippen molar-refractivity contribution in [2.24, 2.45) is 0 Å². The number of halogens is 2. The number of likely N-dealkylation sites (tertiary alicyclic amines) is 1. The molecule has 0 N–H and O–H groups in total. The van der Waals surface area contributed by atoms with Gasteiger partial charge in [-0.3, -0.25) is 14.5 Å². The van der Waals surface area contributed by atoms with Gasteiger partial charge in [-0.05, 0) is 12.1 Å². The Labute approximate surface area is 195 Å². The summed E-state index contributed by atoms with van der Waals surface area (Å²) in [7, 11) is 0. The number of thiazole rings is 1. The van der Waals surface area contributed by atoms with Crippen LogP contribution >= 0.6 is 50.2 Å². The average molecular weight is 526 g/mol. The zero-order valence-corrected chi connectivity index (χ0v) is 19.9. The number of aromatic nitrogens is 1. The summed E-state index contributed by atoms with van der Waals surface area (Å²) in [6, 6.07) is 6.22. The van der Waals surface area contributed by atoms with Crippen molar-refractivity contribution in [1.29, 1.82) is 0 Å². The van der Waals surface area contributed by atoms with Crippen molar-refractivity contribution >= 4 is 72.1 Å². The zero-order valence-electron chi connectivity index (χ0n) is 15.9. The van der Waals surface area contributed by atoms with E-state index in [1.165, 1.54) is 22.7 Å². The molecular weight excluding hydrogens is 508 g/mol. The standard InChI is InChI=1S/C20H18BrClN4O2S2/c21-12-1-2-14-16(7-12)30-18(17(14)22)20(28)26-8-13(9-26)24-3-5-25(6-4-24)19(27)15-10-29-11-23-15/h1-2,7,10-11,13H,3-6,8-9H2. The van der Waals surface area contributed by atoms with Gasteiger partial charge in [0, 0.05) is 65.2 Å². The van der Waals surface area contributed by atoms with Gasteiger partial charge in [0.15, 0.2) is 0 Å². The minimum atomic E-state index is 0.00548. The molecule has 30 heavy (non-hydrogen) atoms. The quantitative estimate of drug-likeness (QED) is 0.518. The number of carbonyl (C=O) groups excluding carboxylic acids is 2. The summed E-state index contributed by atoms with van der Waals surface area (Å²) in [5, 5.41) is 3.26. The summed E-state index contributed by atoms with van der Waals surface area (Å²) in [6.07, 6.45) is 0. The predicted molar refractivity (Wildman–Crippen MR) is 124 cm³/mol. The number of thiophene rings is 1. The van der Waals surface area contributed by atoms with Crippen LogP contribution in [-0.2, 0) is 0 Å². The first kappa shape index (κ1) is 20.4. The normalized spacial score (nSPS) is 18.1. The van der Waals surface area contributed by atoms with Crippen molar-refractivity contribution in [2.45, 2.75) is 6.04 Å². The molecule has 156 valence electrons. The molecule has 6 nitrogen and oxygen atoms in total. The molecule has 5 rings (SSSR count). The maximum absolute atomic E-state index is 13.0. The number of carbonyl (C=O) groups is 2. The van der Waals surface area contributed by atoms with Gasteiger partial charge < -0.3 is 9.80 Å². The van der Waals surface area contributed by atoms with Crippen LogP contribution in [0.25, 0.3) is 10.1 Å². The van der Waals surface area contributed by atoms with Gasteiger partial charge in [-0.15, -0.1) is 22.7 Å².